The molecule has 2 aliphatic carbocycles. The first-order valence-electron chi connectivity index (χ1n) is 23.6. The number of aliphatic hydroxyl groups is 2. The zero-order chi connectivity index (χ0) is 51.7. The molecule has 18 nitrogen and oxygen atoms in total. The smallest absolute Gasteiger partial charge is 0.326 e. The van der Waals surface area contributed by atoms with Gasteiger partial charge in [0.2, 0.25) is 23.5 Å². The molecule has 3 aliphatic rings. The molecule has 5 heterocycles. The number of carboxylic acids is 1. The molecular formula is C52H55ClN6O12S2. The predicted octanol–water partition coefficient (Wildman–Crippen LogP) is 6.18. The Morgan fingerprint density at radius 2 is 1.34 bits per heavy atom. The molecule has 0 spiro atoms. The second-order valence-corrected chi connectivity index (χ2v) is 23.3. The fraction of sp³-hybridized carbons (Fsp3) is 0.365. The number of hydrogen-bond acceptors (Lipinski definition) is 17. The van der Waals surface area contributed by atoms with Gasteiger partial charge in [-0.25, -0.2) is 16.8 Å². The highest BCUT2D eigenvalue weighted by Gasteiger charge is 2.34. The lowest BCUT2D eigenvalue weighted by Crippen LogP contribution is -2.52. The Labute approximate surface area is 428 Å². The third kappa shape index (κ3) is 11.8. The van der Waals surface area contributed by atoms with E-state index in [0.29, 0.717) is 67.2 Å². The third-order valence-corrected chi connectivity index (χ3v) is 15.8. The minimum absolute atomic E-state index is 0.0146. The van der Waals surface area contributed by atoms with E-state index in [1.165, 1.54) is 37.6 Å². The molecule has 0 bridgehead atoms. The molecule has 73 heavy (non-hydrogen) atoms. The molecule has 1 saturated heterocycles. The lowest BCUT2D eigenvalue weighted by molar-refractivity contribution is -0.145. The van der Waals surface area contributed by atoms with Crippen molar-refractivity contribution in [1.29, 1.82) is 0 Å². The van der Waals surface area contributed by atoms with Crippen LogP contribution in [0.5, 0.6) is 23.5 Å². The summed E-state index contributed by atoms with van der Waals surface area (Å²) in [5.74, 6) is -0.412. The molecule has 1 aliphatic heterocycles. The number of carboxylic acid groups (broad SMARTS) is 1. The molecule has 1 unspecified atom stereocenters. The zero-order valence-electron chi connectivity index (χ0n) is 40.3. The zero-order valence-corrected chi connectivity index (χ0v) is 42.7. The number of aromatic nitrogens is 4. The van der Waals surface area contributed by atoms with Crippen LogP contribution in [-0.4, -0.2) is 107 Å². The maximum absolute atomic E-state index is 12.2. The molecular weight excluding hydrogens is 1000 g/mol. The maximum atomic E-state index is 12.2. The van der Waals surface area contributed by atoms with Gasteiger partial charge in [0.25, 0.3) is 0 Å². The summed E-state index contributed by atoms with van der Waals surface area (Å²) in [5, 5.41) is 32.9. The number of ether oxygens (including phenoxy) is 4. The van der Waals surface area contributed by atoms with Crippen LogP contribution in [0.3, 0.4) is 0 Å². The number of benzene rings is 2. The Bertz CT molecular complexity index is 3290. The van der Waals surface area contributed by atoms with Gasteiger partial charge in [0.15, 0.2) is 19.7 Å². The van der Waals surface area contributed by atoms with Crippen molar-refractivity contribution in [3.05, 3.63) is 141 Å². The Morgan fingerprint density at radius 3 is 1.88 bits per heavy atom. The van der Waals surface area contributed by atoms with Gasteiger partial charge in [-0.05, 0) is 96.7 Å². The number of fused-ring (bicyclic) bond motifs is 2. The minimum atomic E-state index is -3.55. The summed E-state index contributed by atoms with van der Waals surface area (Å²) in [4.78, 5) is 31.9. The highest BCUT2D eigenvalue weighted by Crippen LogP contribution is 2.46. The molecule has 4 aromatic heterocycles. The average Bonchev–Trinajstić information content (AvgIpc) is 4.11. The number of aliphatic hydroxyl groups excluding tert-OH is 2. The van der Waals surface area contributed by atoms with Crippen LogP contribution in [0.2, 0.25) is 5.02 Å². The van der Waals surface area contributed by atoms with E-state index in [1.54, 1.807) is 12.3 Å². The van der Waals surface area contributed by atoms with Gasteiger partial charge in [-0.1, -0.05) is 48.0 Å². The van der Waals surface area contributed by atoms with E-state index in [-0.39, 0.29) is 52.4 Å². The van der Waals surface area contributed by atoms with E-state index in [1.807, 2.05) is 30.3 Å². The summed E-state index contributed by atoms with van der Waals surface area (Å²) in [5.41, 5.74) is 6.95. The van der Waals surface area contributed by atoms with Gasteiger partial charge >= 0.3 is 5.97 Å². The number of β-amino-alcohol motifs (C(OH)–C–C–N with tert-alkyl or cyclic N) is 1. The van der Waals surface area contributed by atoms with Gasteiger partial charge in [-0.3, -0.25) is 25.0 Å². The van der Waals surface area contributed by atoms with Crippen LogP contribution in [0.15, 0.2) is 101 Å². The predicted molar refractivity (Wildman–Crippen MR) is 268 cm³/mol. The fourth-order valence-corrected chi connectivity index (χ4v) is 10.8. The van der Waals surface area contributed by atoms with E-state index < -0.39 is 50.0 Å². The minimum Gasteiger partial charge on any atom is -0.480 e. The van der Waals surface area contributed by atoms with E-state index in [9.17, 15) is 36.9 Å². The molecule has 0 saturated carbocycles. The summed E-state index contributed by atoms with van der Waals surface area (Å²) in [6.07, 6.45) is 10.1. The Kier molecular flexibility index (Phi) is 15.1. The number of carbonyl (C=O) groups is 1. The molecule has 6 aromatic rings. The Hall–Kier alpha value is -6.26. The van der Waals surface area contributed by atoms with Crippen LogP contribution in [0.4, 0.5) is 0 Å². The molecule has 384 valence electrons. The number of nitrogens with one attached hydrogen (secondary N) is 1. The van der Waals surface area contributed by atoms with Crippen LogP contribution in [0, 0.1) is 0 Å². The lowest BCUT2D eigenvalue weighted by Gasteiger charge is -2.24. The molecule has 1 fully saturated rings. The normalized spacial score (nSPS) is 18.5. The van der Waals surface area contributed by atoms with Crippen molar-refractivity contribution in [1.82, 2.24) is 30.2 Å². The SMILES string of the molecule is CC(CO)(NCc1cc(Cl)c(O[C@H]2CCc3c(-c4cccc5c4CC[C@@H]5Oc4ccc(CN5CC[C@@H](O)C5)c(OCc5cncc(S(C)(=O)=O)c5)n4)cccc32)nc1OCc1cncc(S(C)(=O)=O)c1)C(=O)O. The maximum Gasteiger partial charge on any atom is 0.326 e. The van der Waals surface area contributed by atoms with Crippen LogP contribution in [0.1, 0.15) is 82.9 Å². The Morgan fingerprint density at radius 1 is 0.767 bits per heavy atom. The summed E-state index contributed by atoms with van der Waals surface area (Å²) >= 11 is 6.85. The van der Waals surface area contributed by atoms with Gasteiger partial charge < -0.3 is 34.3 Å². The number of nitrogens with zero attached hydrogens (tertiary/aromatic N) is 5. The molecule has 9 rings (SSSR count). The standard InChI is InChI=1S/C52H55ClN6O12S2/c1-52(30-60,51(62)63)56-23-34-20-44(53)50(58-49(34)69-29-32-19-37(25-55-22-32)73(3,66)67)71-46-14-12-41-39(7-5-9-43(41)46)38-6-4-8-42-40(38)11-13-45(42)70-47-15-10-33(26-59-17-16-35(61)27-59)48(57-47)68-28-31-18-36(24-54-21-31)72(2,64)65/h4-10,15,18-22,24-25,35,45-46,56,60-61H,11-14,16-17,23,26-30H2,1-3H3,(H,62,63)/t35-,45+,46+,52?/m1/s1. The van der Waals surface area contributed by atoms with E-state index >= 15 is 0 Å². The van der Waals surface area contributed by atoms with Gasteiger partial charge in [0.05, 0.1) is 22.5 Å². The molecule has 0 amide bonds. The average molecular weight is 1060 g/mol. The van der Waals surface area contributed by atoms with E-state index in [0.717, 1.165) is 64.4 Å². The fourth-order valence-electron chi connectivity index (χ4n) is 9.33. The van der Waals surface area contributed by atoms with Crippen molar-refractivity contribution in [2.24, 2.45) is 0 Å². The van der Waals surface area contributed by atoms with Gasteiger partial charge in [0, 0.05) is 91.8 Å². The van der Waals surface area contributed by atoms with Crippen molar-refractivity contribution < 1.29 is 55.9 Å². The van der Waals surface area contributed by atoms with Crippen LogP contribution >= 0.6 is 11.6 Å². The van der Waals surface area contributed by atoms with Crippen molar-refractivity contribution in [2.75, 3.05) is 32.2 Å². The Balaban J connectivity index is 0.948. The van der Waals surface area contributed by atoms with Gasteiger partial charge in [-0.2, -0.15) is 9.97 Å². The van der Waals surface area contributed by atoms with Crippen LogP contribution in [0.25, 0.3) is 11.1 Å². The molecule has 0 radical (unpaired) electrons. The quantitative estimate of drug-likeness (QED) is 0.0667. The number of halogens is 1. The van der Waals surface area contributed by atoms with Gasteiger partial charge in [-0.15, -0.1) is 0 Å². The van der Waals surface area contributed by atoms with E-state index in [4.69, 9.17) is 35.5 Å². The van der Waals surface area contributed by atoms with Crippen molar-refractivity contribution in [3.63, 3.8) is 0 Å². The highest BCUT2D eigenvalue weighted by atomic mass is 35.5. The second kappa shape index (κ2) is 21.3. The van der Waals surface area contributed by atoms with E-state index in [2.05, 4.69) is 43.4 Å². The molecule has 21 heteroatoms. The third-order valence-electron chi connectivity index (χ3n) is 13.4. The first-order valence-corrected chi connectivity index (χ1v) is 27.8. The molecule has 4 N–H and O–H groups in total. The lowest BCUT2D eigenvalue weighted by atomic mass is 9.91. The number of hydrogen-bond donors (Lipinski definition) is 4. The first kappa shape index (κ1) is 51.6. The number of pyridine rings is 4. The number of rotatable bonds is 20. The highest BCUT2D eigenvalue weighted by molar-refractivity contribution is 7.91. The summed E-state index contributed by atoms with van der Waals surface area (Å²) in [6, 6.07) is 20.7. The van der Waals surface area contributed by atoms with Crippen LogP contribution < -0.4 is 24.3 Å². The summed E-state index contributed by atoms with van der Waals surface area (Å²) in [6.45, 7) is 2.19. The topological polar surface area (TPSA) is 250 Å². The number of likely N-dealkylation sites (tertiary alicyclic amines) is 1. The summed E-state index contributed by atoms with van der Waals surface area (Å²) in [7, 11) is -7.03. The summed E-state index contributed by atoms with van der Waals surface area (Å²) < 4.78 is 74.6. The number of aliphatic carboxylic acids is 1. The first-order chi connectivity index (χ1) is 34.8. The monoisotopic (exact) mass is 1050 g/mol. The van der Waals surface area contributed by atoms with Crippen molar-refractivity contribution >= 4 is 37.2 Å². The largest absolute Gasteiger partial charge is 0.480 e. The second-order valence-electron chi connectivity index (χ2n) is 18.9. The van der Waals surface area contributed by atoms with Crippen LogP contribution in [-0.2, 0) is 63.6 Å². The van der Waals surface area contributed by atoms with Crippen molar-refractivity contribution in [3.8, 4) is 34.6 Å². The molecule has 2 aromatic carbocycles. The molecule has 4 atom stereocenters. The van der Waals surface area contributed by atoms with Gasteiger partial charge in [0.1, 0.15) is 36.0 Å². The number of sulfone groups is 2. The van der Waals surface area contributed by atoms with Crippen molar-refractivity contribution in [2.45, 2.75) is 99.0 Å².